The summed E-state index contributed by atoms with van der Waals surface area (Å²) in [4.78, 5) is 12.8. The fourth-order valence-corrected chi connectivity index (χ4v) is 4.78. The molecule has 0 spiro atoms. The van der Waals surface area contributed by atoms with Crippen molar-refractivity contribution in [2.75, 3.05) is 7.11 Å². The van der Waals surface area contributed by atoms with E-state index in [-0.39, 0.29) is 29.2 Å². The number of allylic oxidation sites excluding steroid dienone is 2. The van der Waals surface area contributed by atoms with Crippen LogP contribution in [-0.4, -0.2) is 36.6 Å². The monoisotopic (exact) mass is 470 g/mol. The average molecular weight is 471 g/mol. The van der Waals surface area contributed by atoms with Crippen molar-refractivity contribution in [1.82, 2.24) is 10.6 Å². The molecule has 0 aliphatic heterocycles. The van der Waals surface area contributed by atoms with Gasteiger partial charge in [0.05, 0.1) is 12.8 Å². The molecule has 2 aliphatic carbocycles. The molecule has 0 saturated carbocycles. The van der Waals surface area contributed by atoms with Gasteiger partial charge in [-0.2, -0.15) is 13.2 Å². The molecule has 0 radical (unpaired) electrons. The lowest BCUT2D eigenvalue weighted by atomic mass is 9.68. The molecule has 0 heterocycles. The molecule has 0 aromatic heterocycles. The summed E-state index contributed by atoms with van der Waals surface area (Å²) in [5.41, 5.74) is 1.07. The minimum Gasteiger partial charge on any atom is -0.495 e. The second kappa shape index (κ2) is 9.00. The summed E-state index contributed by atoms with van der Waals surface area (Å²) in [7, 11) is 1.21. The van der Waals surface area contributed by atoms with Crippen molar-refractivity contribution in [1.29, 1.82) is 0 Å². The summed E-state index contributed by atoms with van der Waals surface area (Å²) in [5.74, 6) is -1.33. The van der Waals surface area contributed by atoms with E-state index >= 15 is 0 Å². The van der Waals surface area contributed by atoms with Crippen molar-refractivity contribution < 1.29 is 32.2 Å². The third-order valence-electron chi connectivity index (χ3n) is 6.35. The van der Waals surface area contributed by atoms with E-state index in [9.17, 15) is 27.5 Å². The lowest BCUT2D eigenvalue weighted by molar-refractivity contribution is -0.192. The number of urea groups is 1. The third kappa shape index (κ3) is 5.34. The molecule has 3 N–H and O–H groups in total. The number of halogens is 4. The number of fused-ring (bicyclic) bond motifs is 1. The maximum atomic E-state index is 13.5. The largest absolute Gasteiger partial charge is 0.495 e. The molecule has 5 nitrogen and oxygen atoms in total. The van der Waals surface area contributed by atoms with Gasteiger partial charge in [0, 0.05) is 17.5 Å². The molecule has 1 aromatic rings. The van der Waals surface area contributed by atoms with Crippen LogP contribution in [0.4, 0.5) is 22.4 Å². The quantitative estimate of drug-likeness (QED) is 0.563. The fourth-order valence-electron chi connectivity index (χ4n) is 4.78. The van der Waals surface area contributed by atoms with Gasteiger partial charge in [-0.15, -0.1) is 0 Å². The predicted octanol–water partition coefficient (Wildman–Crippen LogP) is 4.61. The van der Waals surface area contributed by atoms with Crippen molar-refractivity contribution >= 4 is 6.03 Å². The number of aliphatic hydroxyl groups is 1. The number of alkyl halides is 3. The van der Waals surface area contributed by atoms with E-state index in [1.807, 2.05) is 20.8 Å². The second-order valence-electron chi connectivity index (χ2n) is 9.81. The standard InChI is InChI=1S/C24H30F4N2O3/c1-12-18(23(2,3)4)11-17(21(31)24(26,27)28)20(33-5)19(12)30-22(32)29-16-9-13-6-7-15(25)8-14(13)10-16/h6-8,11-12,16,18,21,31H,9-10H2,1-5H3,(H2,29,30,32)/t12?,16-,18?,21+/m0/s1. The molecule has 33 heavy (non-hydrogen) atoms. The van der Waals surface area contributed by atoms with Crippen LogP contribution in [0.15, 0.2) is 41.3 Å². The van der Waals surface area contributed by atoms with Gasteiger partial charge >= 0.3 is 12.2 Å². The van der Waals surface area contributed by atoms with Gasteiger partial charge in [0.15, 0.2) is 6.10 Å². The molecule has 1 aromatic carbocycles. The van der Waals surface area contributed by atoms with Crippen LogP contribution in [0.25, 0.3) is 0 Å². The molecule has 2 unspecified atom stereocenters. The van der Waals surface area contributed by atoms with E-state index in [0.29, 0.717) is 12.8 Å². The van der Waals surface area contributed by atoms with Gasteiger partial charge in [-0.3, -0.25) is 0 Å². The third-order valence-corrected chi connectivity index (χ3v) is 6.35. The van der Waals surface area contributed by atoms with Gasteiger partial charge in [-0.1, -0.05) is 39.8 Å². The van der Waals surface area contributed by atoms with Crippen LogP contribution in [0.5, 0.6) is 0 Å². The van der Waals surface area contributed by atoms with E-state index < -0.39 is 35.2 Å². The van der Waals surface area contributed by atoms with Crippen LogP contribution in [0, 0.1) is 23.1 Å². The molecular formula is C24H30F4N2O3. The Morgan fingerprint density at radius 1 is 1.18 bits per heavy atom. The Kier molecular flexibility index (Phi) is 6.84. The van der Waals surface area contributed by atoms with Crippen LogP contribution >= 0.6 is 0 Å². The van der Waals surface area contributed by atoms with Crippen molar-refractivity contribution in [3.8, 4) is 0 Å². The highest BCUT2D eigenvalue weighted by Crippen LogP contribution is 2.44. The zero-order valence-electron chi connectivity index (χ0n) is 19.3. The Hall–Kier alpha value is -2.55. The molecule has 0 fully saturated rings. The molecular weight excluding hydrogens is 440 g/mol. The van der Waals surface area contributed by atoms with Gasteiger partial charge in [0.25, 0.3) is 0 Å². The number of hydrogen-bond acceptors (Lipinski definition) is 3. The van der Waals surface area contributed by atoms with E-state index in [4.69, 9.17) is 4.74 Å². The topological polar surface area (TPSA) is 70.6 Å². The molecule has 2 amide bonds. The number of ether oxygens (including phenoxy) is 1. The smallest absolute Gasteiger partial charge is 0.418 e. The maximum Gasteiger partial charge on any atom is 0.418 e. The maximum absolute atomic E-state index is 13.5. The SMILES string of the molecule is COC1=C(NC(=O)N[C@H]2Cc3ccc(F)cc3C2)C(C)C(C(C)(C)C)C=C1[C@@H](O)C(F)(F)F. The first-order chi connectivity index (χ1) is 15.2. The fraction of sp³-hybridized carbons (Fsp3) is 0.542. The number of methoxy groups -OCH3 is 1. The summed E-state index contributed by atoms with van der Waals surface area (Å²) in [5, 5.41) is 15.5. The minimum atomic E-state index is -4.89. The first-order valence-corrected chi connectivity index (χ1v) is 10.8. The van der Waals surface area contributed by atoms with Crippen molar-refractivity contribution in [2.24, 2.45) is 17.3 Å². The molecule has 0 saturated heterocycles. The number of carbonyl (C=O) groups is 1. The summed E-state index contributed by atoms with van der Waals surface area (Å²) >= 11 is 0. The lowest BCUT2D eigenvalue weighted by Crippen LogP contribution is -2.46. The van der Waals surface area contributed by atoms with Crippen LogP contribution in [0.3, 0.4) is 0 Å². The van der Waals surface area contributed by atoms with Crippen molar-refractivity contribution in [2.45, 2.75) is 58.9 Å². The first kappa shape index (κ1) is 25.1. The molecule has 0 bridgehead atoms. The summed E-state index contributed by atoms with van der Waals surface area (Å²) < 4.78 is 58.9. The number of hydrogen-bond donors (Lipinski definition) is 3. The number of nitrogens with one attached hydrogen (secondary N) is 2. The van der Waals surface area contributed by atoms with Crippen LogP contribution in [0.1, 0.15) is 38.8 Å². The Labute approximate surface area is 190 Å². The molecule has 182 valence electrons. The number of benzene rings is 1. The molecule has 4 atom stereocenters. The first-order valence-electron chi connectivity index (χ1n) is 10.8. The van der Waals surface area contributed by atoms with Gasteiger partial charge < -0.3 is 20.5 Å². The summed E-state index contributed by atoms with van der Waals surface area (Å²) in [6.07, 6.45) is -5.26. The molecule has 3 rings (SSSR count). The Balaban J connectivity index is 1.86. The van der Waals surface area contributed by atoms with E-state index in [1.165, 1.54) is 25.3 Å². The van der Waals surface area contributed by atoms with Crippen LogP contribution < -0.4 is 10.6 Å². The van der Waals surface area contributed by atoms with Crippen LogP contribution in [-0.2, 0) is 17.6 Å². The highest BCUT2D eigenvalue weighted by Gasteiger charge is 2.47. The Morgan fingerprint density at radius 3 is 2.39 bits per heavy atom. The summed E-state index contributed by atoms with van der Waals surface area (Å²) in [6.45, 7) is 7.44. The minimum absolute atomic E-state index is 0.178. The van der Waals surface area contributed by atoms with Gasteiger partial charge in [0.1, 0.15) is 11.6 Å². The van der Waals surface area contributed by atoms with E-state index in [2.05, 4.69) is 10.6 Å². The normalized spacial score (nSPS) is 24.2. The van der Waals surface area contributed by atoms with E-state index in [1.54, 1.807) is 13.0 Å². The zero-order valence-corrected chi connectivity index (χ0v) is 19.3. The van der Waals surface area contributed by atoms with Gasteiger partial charge in [0.2, 0.25) is 0 Å². The predicted molar refractivity (Wildman–Crippen MR) is 116 cm³/mol. The second-order valence-corrected chi connectivity index (χ2v) is 9.81. The molecule has 2 aliphatic rings. The number of aliphatic hydroxyl groups excluding tert-OH is 1. The highest BCUT2D eigenvalue weighted by molar-refractivity contribution is 5.77. The highest BCUT2D eigenvalue weighted by atomic mass is 19.4. The number of amides is 2. The average Bonchev–Trinajstić information content (AvgIpc) is 3.08. The molecule has 9 heteroatoms. The van der Waals surface area contributed by atoms with Crippen molar-refractivity contribution in [3.05, 3.63) is 58.2 Å². The Morgan fingerprint density at radius 2 is 1.82 bits per heavy atom. The summed E-state index contributed by atoms with van der Waals surface area (Å²) in [6, 6.07) is 3.62. The van der Waals surface area contributed by atoms with E-state index in [0.717, 1.165) is 11.1 Å². The van der Waals surface area contributed by atoms with Crippen LogP contribution in [0.2, 0.25) is 0 Å². The lowest BCUT2D eigenvalue weighted by Gasteiger charge is -2.40. The number of rotatable bonds is 4. The van der Waals surface area contributed by atoms with Crippen molar-refractivity contribution in [3.63, 3.8) is 0 Å². The van der Waals surface area contributed by atoms with Gasteiger partial charge in [-0.25, -0.2) is 9.18 Å². The zero-order chi connectivity index (χ0) is 24.7. The van der Waals surface area contributed by atoms with Gasteiger partial charge in [-0.05, 0) is 47.4 Å². The number of carbonyl (C=O) groups excluding carboxylic acids is 1. The Bertz CT molecular complexity index is 979.